The maximum atomic E-state index is 12.2. The molecule has 1 aliphatic carbocycles. The van der Waals surface area contributed by atoms with Crippen molar-refractivity contribution in [1.29, 1.82) is 0 Å². The fourth-order valence-corrected chi connectivity index (χ4v) is 3.79. The van der Waals surface area contributed by atoms with E-state index in [1.165, 1.54) is 12.8 Å². The van der Waals surface area contributed by atoms with E-state index in [9.17, 15) is 14.4 Å². The third-order valence-electron chi connectivity index (χ3n) is 5.25. The minimum atomic E-state index is -0.741. The van der Waals surface area contributed by atoms with Crippen LogP contribution >= 0.6 is 0 Å². The number of esters is 3. The quantitative estimate of drug-likeness (QED) is 0.265. The van der Waals surface area contributed by atoms with E-state index in [2.05, 4.69) is 6.92 Å². The third kappa shape index (κ3) is 8.61. The Bertz CT molecular complexity index is 475. The van der Waals surface area contributed by atoms with Gasteiger partial charge in [0.1, 0.15) is 17.8 Å². The molecule has 6 heteroatoms. The van der Waals surface area contributed by atoms with E-state index in [0.717, 1.165) is 19.3 Å². The van der Waals surface area contributed by atoms with Crippen molar-refractivity contribution >= 4 is 17.9 Å². The molecule has 2 unspecified atom stereocenters. The van der Waals surface area contributed by atoms with E-state index < -0.39 is 17.8 Å². The van der Waals surface area contributed by atoms with Crippen LogP contribution in [0.2, 0.25) is 0 Å². The monoisotopic (exact) mass is 398 g/mol. The predicted molar refractivity (Wildman–Crippen MR) is 107 cm³/mol. The molecule has 0 aliphatic heterocycles. The fraction of sp³-hybridized carbons (Fsp3) is 0.864. The fourth-order valence-electron chi connectivity index (χ4n) is 3.79. The lowest BCUT2D eigenvalue weighted by atomic mass is 9.77. The molecule has 1 aliphatic rings. The topological polar surface area (TPSA) is 78.9 Å². The molecule has 0 amide bonds. The van der Waals surface area contributed by atoms with Crippen molar-refractivity contribution in [2.75, 3.05) is 0 Å². The molecule has 1 fully saturated rings. The molecule has 0 aromatic rings. The molecule has 0 radical (unpaired) electrons. The van der Waals surface area contributed by atoms with Crippen LogP contribution in [0.1, 0.15) is 105 Å². The number of rotatable bonds is 12. The van der Waals surface area contributed by atoms with Crippen molar-refractivity contribution in [2.24, 2.45) is 0 Å². The van der Waals surface area contributed by atoms with Gasteiger partial charge in [0, 0.05) is 38.5 Å². The average Bonchev–Trinajstić information content (AvgIpc) is 2.67. The SMILES string of the molecule is CCCCCCCC1(OC(=O)CC)CC(OC(=O)CC)CC(OC(=O)CC)C1. The van der Waals surface area contributed by atoms with Gasteiger partial charge in [-0.3, -0.25) is 14.4 Å². The summed E-state index contributed by atoms with van der Waals surface area (Å²) in [6.07, 6.45) is 7.65. The summed E-state index contributed by atoms with van der Waals surface area (Å²) >= 11 is 0. The molecule has 1 saturated carbocycles. The van der Waals surface area contributed by atoms with Crippen LogP contribution in [0.5, 0.6) is 0 Å². The molecule has 0 aromatic heterocycles. The first-order chi connectivity index (χ1) is 13.4. The normalized spacial score (nSPS) is 24.4. The van der Waals surface area contributed by atoms with Gasteiger partial charge in [-0.05, 0) is 12.8 Å². The van der Waals surface area contributed by atoms with Gasteiger partial charge in [0.2, 0.25) is 0 Å². The maximum Gasteiger partial charge on any atom is 0.306 e. The van der Waals surface area contributed by atoms with E-state index in [-0.39, 0.29) is 37.2 Å². The first kappa shape index (κ1) is 24.4. The minimum absolute atomic E-state index is 0.267. The molecule has 0 spiro atoms. The molecule has 0 heterocycles. The van der Waals surface area contributed by atoms with Gasteiger partial charge < -0.3 is 14.2 Å². The highest BCUT2D eigenvalue weighted by Gasteiger charge is 2.45. The summed E-state index contributed by atoms with van der Waals surface area (Å²) in [7, 11) is 0. The summed E-state index contributed by atoms with van der Waals surface area (Å²) in [5, 5.41) is 0. The Morgan fingerprint density at radius 1 is 0.750 bits per heavy atom. The maximum absolute atomic E-state index is 12.2. The lowest BCUT2D eigenvalue weighted by molar-refractivity contribution is -0.186. The average molecular weight is 399 g/mol. The Morgan fingerprint density at radius 3 is 1.71 bits per heavy atom. The number of hydrogen-bond donors (Lipinski definition) is 0. The summed E-state index contributed by atoms with van der Waals surface area (Å²) in [5.74, 6) is -0.839. The van der Waals surface area contributed by atoms with Crippen LogP contribution in [0.15, 0.2) is 0 Å². The Balaban J connectivity index is 2.95. The van der Waals surface area contributed by atoms with Crippen molar-refractivity contribution in [3.05, 3.63) is 0 Å². The Hall–Kier alpha value is -1.59. The molecule has 6 nitrogen and oxygen atoms in total. The molecule has 0 saturated heterocycles. The van der Waals surface area contributed by atoms with Crippen LogP contribution < -0.4 is 0 Å². The summed E-state index contributed by atoms with van der Waals surface area (Å²) < 4.78 is 17.1. The molecule has 28 heavy (non-hydrogen) atoms. The second kappa shape index (κ2) is 12.8. The zero-order valence-corrected chi connectivity index (χ0v) is 18.1. The zero-order valence-electron chi connectivity index (χ0n) is 18.1. The van der Waals surface area contributed by atoms with Crippen LogP contribution in [0, 0.1) is 0 Å². The Morgan fingerprint density at radius 2 is 1.25 bits per heavy atom. The van der Waals surface area contributed by atoms with Gasteiger partial charge in [0.25, 0.3) is 0 Å². The number of unbranched alkanes of at least 4 members (excludes halogenated alkanes) is 4. The number of hydrogen-bond acceptors (Lipinski definition) is 6. The lowest BCUT2D eigenvalue weighted by Crippen LogP contribution is -2.49. The largest absolute Gasteiger partial charge is 0.462 e. The summed E-state index contributed by atoms with van der Waals surface area (Å²) in [6.45, 7) is 7.43. The first-order valence-electron chi connectivity index (χ1n) is 11.0. The second-order valence-corrected chi connectivity index (χ2v) is 7.75. The molecular weight excluding hydrogens is 360 g/mol. The van der Waals surface area contributed by atoms with E-state index >= 15 is 0 Å². The molecule has 0 bridgehead atoms. The highest BCUT2D eigenvalue weighted by atomic mass is 16.6. The summed E-state index contributed by atoms with van der Waals surface area (Å²) in [5.41, 5.74) is -0.741. The van der Waals surface area contributed by atoms with Gasteiger partial charge in [0.05, 0.1) is 0 Å². The zero-order chi connectivity index (χ0) is 21.0. The number of carbonyl (C=O) groups excluding carboxylic acids is 3. The third-order valence-corrected chi connectivity index (χ3v) is 5.25. The highest BCUT2D eigenvalue weighted by molar-refractivity contribution is 5.70. The van der Waals surface area contributed by atoms with E-state index in [1.807, 2.05) is 0 Å². The van der Waals surface area contributed by atoms with Crippen LogP contribution in [-0.2, 0) is 28.6 Å². The summed E-state index contributed by atoms with van der Waals surface area (Å²) in [6, 6.07) is 0. The van der Waals surface area contributed by atoms with Crippen LogP contribution in [0.4, 0.5) is 0 Å². The minimum Gasteiger partial charge on any atom is -0.462 e. The molecule has 162 valence electrons. The summed E-state index contributed by atoms with van der Waals surface area (Å²) in [4.78, 5) is 35.9. The van der Waals surface area contributed by atoms with E-state index in [1.54, 1.807) is 20.8 Å². The van der Waals surface area contributed by atoms with Crippen LogP contribution in [0.25, 0.3) is 0 Å². The number of ether oxygens (including phenoxy) is 3. The van der Waals surface area contributed by atoms with Crippen molar-refractivity contribution in [1.82, 2.24) is 0 Å². The van der Waals surface area contributed by atoms with Gasteiger partial charge in [-0.2, -0.15) is 0 Å². The number of carbonyl (C=O) groups is 3. The Kier molecular flexibility index (Phi) is 11.2. The Labute approximate surface area is 169 Å². The standard InChI is InChI=1S/C22H38O6/c1-5-9-10-11-12-13-22(28-21(25)8-4)15-17(26-19(23)6-2)14-18(16-22)27-20(24)7-3/h17-18H,5-16H2,1-4H3. The van der Waals surface area contributed by atoms with Crippen molar-refractivity contribution in [3.63, 3.8) is 0 Å². The van der Waals surface area contributed by atoms with Gasteiger partial charge in [-0.25, -0.2) is 0 Å². The van der Waals surface area contributed by atoms with Crippen LogP contribution in [0.3, 0.4) is 0 Å². The van der Waals surface area contributed by atoms with Gasteiger partial charge >= 0.3 is 17.9 Å². The lowest BCUT2D eigenvalue weighted by Gasteiger charge is -2.43. The predicted octanol–water partition coefficient (Wildman–Crippen LogP) is 4.87. The van der Waals surface area contributed by atoms with Crippen molar-refractivity contribution in [3.8, 4) is 0 Å². The molecule has 0 N–H and O–H groups in total. The van der Waals surface area contributed by atoms with Crippen molar-refractivity contribution < 1.29 is 28.6 Å². The van der Waals surface area contributed by atoms with Gasteiger partial charge in [-0.15, -0.1) is 0 Å². The highest BCUT2D eigenvalue weighted by Crippen LogP contribution is 2.39. The first-order valence-corrected chi connectivity index (χ1v) is 11.0. The molecule has 1 rings (SSSR count). The van der Waals surface area contributed by atoms with Gasteiger partial charge in [0.15, 0.2) is 0 Å². The second-order valence-electron chi connectivity index (χ2n) is 7.75. The van der Waals surface area contributed by atoms with Crippen LogP contribution in [-0.4, -0.2) is 35.7 Å². The van der Waals surface area contributed by atoms with Crippen molar-refractivity contribution in [2.45, 2.75) is 123 Å². The molecular formula is C22H38O6. The van der Waals surface area contributed by atoms with E-state index in [4.69, 9.17) is 14.2 Å². The smallest absolute Gasteiger partial charge is 0.306 e. The van der Waals surface area contributed by atoms with Gasteiger partial charge in [-0.1, -0.05) is 53.4 Å². The molecule has 2 atom stereocenters. The molecule has 0 aromatic carbocycles. The van der Waals surface area contributed by atoms with E-state index in [0.29, 0.717) is 25.7 Å².